The number of aliphatic hydroxyl groups is 1. The molecule has 0 bridgehead atoms. The molecule has 0 radical (unpaired) electrons. The SMILES string of the molecule is C=C/C(=C(/O)C(C)=O)N1CCN(Cc2cc(Cl)cc(Cl)c2)CC1. The van der Waals surface area contributed by atoms with Crippen LogP contribution < -0.4 is 0 Å². The molecule has 0 unspecified atom stereocenters. The lowest BCUT2D eigenvalue weighted by atomic mass is 10.1. The molecule has 1 saturated heterocycles. The Bertz CT molecular complexity index is 615. The first-order chi connectivity index (χ1) is 10.9. The van der Waals surface area contributed by atoms with Gasteiger partial charge in [0.15, 0.2) is 11.5 Å². The molecule has 23 heavy (non-hydrogen) atoms. The summed E-state index contributed by atoms with van der Waals surface area (Å²) in [5.41, 5.74) is 1.57. The number of hydrogen-bond donors (Lipinski definition) is 1. The zero-order valence-corrected chi connectivity index (χ0v) is 14.6. The lowest BCUT2D eigenvalue weighted by molar-refractivity contribution is -0.116. The number of nitrogens with zero attached hydrogens (tertiary/aromatic N) is 2. The number of aliphatic hydroxyl groups excluding tert-OH is 1. The molecule has 0 amide bonds. The number of carbonyl (C=O) groups is 1. The van der Waals surface area contributed by atoms with E-state index in [1.54, 1.807) is 6.07 Å². The first-order valence-corrected chi connectivity index (χ1v) is 8.15. The van der Waals surface area contributed by atoms with Crippen molar-refractivity contribution < 1.29 is 9.90 Å². The maximum atomic E-state index is 11.3. The minimum Gasteiger partial charge on any atom is -0.503 e. The largest absolute Gasteiger partial charge is 0.503 e. The van der Waals surface area contributed by atoms with E-state index < -0.39 is 0 Å². The van der Waals surface area contributed by atoms with E-state index in [1.807, 2.05) is 17.0 Å². The standard InChI is InChI=1S/C17H20Cl2N2O2/c1-3-16(17(23)12(2)22)21-6-4-20(5-7-21)11-13-8-14(18)10-15(19)9-13/h3,8-10,23H,1,4-7,11H2,2H3/b17-16-. The third kappa shape index (κ3) is 4.74. The average Bonchev–Trinajstić information content (AvgIpc) is 2.48. The van der Waals surface area contributed by atoms with Crippen LogP contribution in [-0.2, 0) is 11.3 Å². The maximum absolute atomic E-state index is 11.3. The van der Waals surface area contributed by atoms with Crippen LogP contribution >= 0.6 is 23.2 Å². The Kier molecular flexibility index (Phi) is 6.10. The molecule has 1 aliphatic rings. The number of benzene rings is 1. The molecule has 1 fully saturated rings. The molecule has 0 spiro atoms. The number of rotatable bonds is 5. The Balaban J connectivity index is 1.99. The van der Waals surface area contributed by atoms with Gasteiger partial charge < -0.3 is 10.0 Å². The fourth-order valence-electron chi connectivity index (χ4n) is 2.66. The molecular weight excluding hydrogens is 335 g/mol. The van der Waals surface area contributed by atoms with Crippen LogP contribution in [0.4, 0.5) is 0 Å². The van der Waals surface area contributed by atoms with Crippen molar-refractivity contribution in [3.63, 3.8) is 0 Å². The molecule has 4 nitrogen and oxygen atoms in total. The van der Waals surface area contributed by atoms with Gasteiger partial charge in [0, 0.05) is 49.7 Å². The summed E-state index contributed by atoms with van der Waals surface area (Å²) in [6.07, 6.45) is 1.53. The van der Waals surface area contributed by atoms with Crippen LogP contribution in [0.3, 0.4) is 0 Å². The maximum Gasteiger partial charge on any atom is 0.196 e. The van der Waals surface area contributed by atoms with Crippen molar-refractivity contribution >= 4 is 29.0 Å². The summed E-state index contributed by atoms with van der Waals surface area (Å²) in [6, 6.07) is 5.54. The van der Waals surface area contributed by atoms with Gasteiger partial charge >= 0.3 is 0 Å². The van der Waals surface area contributed by atoms with Crippen LogP contribution in [0.1, 0.15) is 12.5 Å². The van der Waals surface area contributed by atoms with E-state index in [2.05, 4.69) is 11.5 Å². The fraction of sp³-hybridized carbons (Fsp3) is 0.353. The lowest BCUT2D eigenvalue weighted by Gasteiger charge is -2.36. The molecule has 1 heterocycles. The summed E-state index contributed by atoms with van der Waals surface area (Å²) in [4.78, 5) is 15.6. The van der Waals surface area contributed by atoms with Crippen molar-refractivity contribution in [2.45, 2.75) is 13.5 Å². The Labute approximate surface area is 146 Å². The van der Waals surface area contributed by atoms with Gasteiger partial charge in [-0.2, -0.15) is 0 Å². The van der Waals surface area contributed by atoms with Gasteiger partial charge in [-0.25, -0.2) is 0 Å². The summed E-state index contributed by atoms with van der Waals surface area (Å²) in [7, 11) is 0. The Morgan fingerprint density at radius 1 is 1.22 bits per heavy atom. The summed E-state index contributed by atoms with van der Waals surface area (Å²) in [5.74, 6) is -0.578. The second-order valence-electron chi connectivity index (χ2n) is 5.54. The molecular formula is C17H20Cl2N2O2. The minimum atomic E-state index is -0.351. The molecule has 124 valence electrons. The second-order valence-corrected chi connectivity index (χ2v) is 6.41. The highest BCUT2D eigenvalue weighted by molar-refractivity contribution is 6.34. The Morgan fingerprint density at radius 3 is 2.26 bits per heavy atom. The van der Waals surface area contributed by atoms with Crippen LogP contribution in [0.15, 0.2) is 42.3 Å². The highest BCUT2D eigenvalue weighted by Crippen LogP contribution is 2.21. The van der Waals surface area contributed by atoms with Crippen molar-refractivity contribution in [3.8, 4) is 0 Å². The van der Waals surface area contributed by atoms with Gasteiger partial charge in [0.25, 0.3) is 0 Å². The number of hydrogen-bond acceptors (Lipinski definition) is 4. The number of carbonyl (C=O) groups excluding carboxylic acids is 1. The minimum absolute atomic E-state index is 0.227. The van der Waals surface area contributed by atoms with Gasteiger partial charge in [-0.1, -0.05) is 29.8 Å². The summed E-state index contributed by atoms with van der Waals surface area (Å²) in [5, 5.41) is 11.1. The molecule has 1 aromatic carbocycles. The topological polar surface area (TPSA) is 43.8 Å². The van der Waals surface area contributed by atoms with Gasteiger partial charge in [-0.3, -0.25) is 9.69 Å². The van der Waals surface area contributed by atoms with E-state index in [4.69, 9.17) is 23.2 Å². The number of halogens is 2. The van der Waals surface area contributed by atoms with Gasteiger partial charge in [0.2, 0.25) is 0 Å². The molecule has 1 aliphatic heterocycles. The first kappa shape index (κ1) is 17.9. The van der Waals surface area contributed by atoms with Crippen molar-refractivity contribution in [2.24, 2.45) is 0 Å². The van der Waals surface area contributed by atoms with Crippen LogP contribution in [-0.4, -0.2) is 46.9 Å². The van der Waals surface area contributed by atoms with Gasteiger partial charge in [-0.05, 0) is 29.8 Å². The predicted molar refractivity (Wildman–Crippen MR) is 93.8 cm³/mol. The van der Waals surface area contributed by atoms with E-state index in [1.165, 1.54) is 13.0 Å². The molecule has 0 aliphatic carbocycles. The smallest absolute Gasteiger partial charge is 0.196 e. The van der Waals surface area contributed by atoms with E-state index in [0.717, 1.165) is 25.2 Å². The monoisotopic (exact) mass is 354 g/mol. The van der Waals surface area contributed by atoms with Gasteiger partial charge in [0.1, 0.15) is 0 Å². The van der Waals surface area contributed by atoms with Crippen LogP contribution in [0, 0.1) is 0 Å². The Morgan fingerprint density at radius 2 is 1.78 bits per heavy atom. The zero-order chi connectivity index (χ0) is 17.0. The molecule has 0 saturated carbocycles. The predicted octanol–water partition coefficient (Wildman–Crippen LogP) is 3.66. The van der Waals surface area contributed by atoms with Crippen molar-refractivity contribution in [2.75, 3.05) is 26.2 Å². The third-order valence-corrected chi connectivity index (χ3v) is 4.25. The number of Topliss-reactive ketones (excluding diaryl/α,β-unsaturated/α-hetero) is 1. The molecule has 0 atom stereocenters. The van der Waals surface area contributed by atoms with Crippen LogP contribution in [0.2, 0.25) is 10.0 Å². The van der Waals surface area contributed by atoms with Crippen molar-refractivity contribution in [1.82, 2.24) is 9.80 Å². The molecule has 6 heteroatoms. The summed E-state index contributed by atoms with van der Waals surface area (Å²) in [6.45, 7) is 8.86. The van der Waals surface area contributed by atoms with E-state index in [9.17, 15) is 9.90 Å². The first-order valence-electron chi connectivity index (χ1n) is 7.39. The number of ketones is 1. The molecule has 1 aromatic rings. The average molecular weight is 355 g/mol. The van der Waals surface area contributed by atoms with E-state index >= 15 is 0 Å². The number of allylic oxidation sites excluding steroid dienone is 2. The third-order valence-electron chi connectivity index (χ3n) is 3.81. The van der Waals surface area contributed by atoms with Crippen LogP contribution in [0.5, 0.6) is 0 Å². The fourth-order valence-corrected chi connectivity index (χ4v) is 3.23. The van der Waals surface area contributed by atoms with Crippen molar-refractivity contribution in [3.05, 3.63) is 57.9 Å². The van der Waals surface area contributed by atoms with Crippen LogP contribution in [0.25, 0.3) is 0 Å². The number of piperazine rings is 1. The summed E-state index contributed by atoms with van der Waals surface area (Å²) >= 11 is 12.1. The normalized spacial score (nSPS) is 16.9. The van der Waals surface area contributed by atoms with Gasteiger partial charge in [-0.15, -0.1) is 0 Å². The second kappa shape index (κ2) is 7.86. The highest BCUT2D eigenvalue weighted by atomic mass is 35.5. The van der Waals surface area contributed by atoms with Gasteiger partial charge in [0.05, 0.1) is 5.70 Å². The lowest BCUT2D eigenvalue weighted by Crippen LogP contribution is -2.45. The molecule has 2 rings (SSSR count). The van der Waals surface area contributed by atoms with E-state index in [-0.39, 0.29) is 11.5 Å². The molecule has 1 N–H and O–H groups in total. The quantitative estimate of drug-likeness (QED) is 0.497. The van der Waals surface area contributed by atoms with Crippen molar-refractivity contribution in [1.29, 1.82) is 0 Å². The van der Waals surface area contributed by atoms with E-state index in [0.29, 0.717) is 28.8 Å². The highest BCUT2D eigenvalue weighted by Gasteiger charge is 2.21. The summed E-state index contributed by atoms with van der Waals surface area (Å²) < 4.78 is 0. The zero-order valence-electron chi connectivity index (χ0n) is 13.1. The Hall–Kier alpha value is -1.49. The molecule has 0 aromatic heterocycles.